The van der Waals surface area contributed by atoms with Gasteiger partial charge in [-0.25, -0.2) is 0 Å². The Kier molecular flexibility index (Phi) is 4.67. The van der Waals surface area contributed by atoms with E-state index in [4.69, 9.17) is 0 Å². The third-order valence-electron chi connectivity index (χ3n) is 4.98. The summed E-state index contributed by atoms with van der Waals surface area (Å²) in [6, 6.07) is 17.7. The molecular weight excluding hydrogens is 328 g/mol. The van der Waals surface area contributed by atoms with Crippen LogP contribution < -0.4 is 5.32 Å². The zero-order valence-electron chi connectivity index (χ0n) is 14.5. The Morgan fingerprint density at radius 3 is 2.31 bits per heavy atom. The van der Waals surface area contributed by atoms with E-state index in [1.165, 1.54) is 10.4 Å². The van der Waals surface area contributed by atoms with Gasteiger partial charge >= 0.3 is 0 Å². The molecule has 1 unspecified atom stereocenters. The Balaban J connectivity index is 1.43. The second-order valence-electron chi connectivity index (χ2n) is 6.97. The van der Waals surface area contributed by atoms with E-state index in [0.717, 1.165) is 30.3 Å². The molecule has 0 saturated heterocycles. The van der Waals surface area contributed by atoms with E-state index in [9.17, 15) is 9.90 Å². The van der Waals surface area contributed by atoms with Crippen molar-refractivity contribution in [2.45, 2.75) is 38.0 Å². The number of carbonyl (C=O) groups excluding carboxylic acids is 1. The van der Waals surface area contributed by atoms with Gasteiger partial charge in [0.1, 0.15) is 17.6 Å². The van der Waals surface area contributed by atoms with Gasteiger partial charge in [-0.15, -0.1) is 0 Å². The molecule has 1 atom stereocenters. The highest BCUT2D eigenvalue weighted by Gasteiger charge is 2.34. The van der Waals surface area contributed by atoms with Crippen molar-refractivity contribution in [1.29, 1.82) is 0 Å². The maximum Gasteiger partial charge on any atom is 0.243 e. The molecule has 1 aliphatic rings. The molecule has 1 aromatic heterocycles. The standard InChI is InChI=1S/C20H22N4O2/c25-16-11-15(12-16)19(10-14-6-2-1-3-7-14)21-20(26)13-24-22-17-8-4-5-9-18(17)23-24/h1-9,15-16,19,25H,10-13H2,(H,21,26). The van der Waals surface area contributed by atoms with Crippen molar-refractivity contribution in [1.82, 2.24) is 20.3 Å². The van der Waals surface area contributed by atoms with Gasteiger partial charge in [0, 0.05) is 6.04 Å². The third kappa shape index (κ3) is 3.75. The van der Waals surface area contributed by atoms with Crippen LogP contribution in [0.1, 0.15) is 18.4 Å². The second-order valence-corrected chi connectivity index (χ2v) is 6.97. The molecule has 2 N–H and O–H groups in total. The zero-order chi connectivity index (χ0) is 17.9. The average molecular weight is 350 g/mol. The normalized spacial score (nSPS) is 20.5. The maximum absolute atomic E-state index is 12.5. The lowest BCUT2D eigenvalue weighted by Crippen LogP contribution is -2.49. The first kappa shape index (κ1) is 16.7. The predicted octanol–water partition coefficient (Wildman–Crippen LogP) is 1.93. The number of aliphatic hydroxyl groups is 1. The van der Waals surface area contributed by atoms with Gasteiger partial charge in [-0.05, 0) is 42.9 Å². The topological polar surface area (TPSA) is 80.0 Å². The van der Waals surface area contributed by atoms with Crippen LogP contribution >= 0.6 is 0 Å². The van der Waals surface area contributed by atoms with Gasteiger partial charge in [-0.1, -0.05) is 42.5 Å². The molecule has 6 heteroatoms. The van der Waals surface area contributed by atoms with Gasteiger partial charge in [0.25, 0.3) is 0 Å². The summed E-state index contributed by atoms with van der Waals surface area (Å²) >= 11 is 0. The quantitative estimate of drug-likeness (QED) is 0.712. The van der Waals surface area contributed by atoms with Crippen molar-refractivity contribution in [2.75, 3.05) is 0 Å². The van der Waals surface area contributed by atoms with E-state index >= 15 is 0 Å². The number of rotatable bonds is 6. The molecule has 0 radical (unpaired) electrons. The Bertz CT molecular complexity index is 854. The fraction of sp³-hybridized carbons (Fsp3) is 0.350. The number of hydrogen-bond acceptors (Lipinski definition) is 4. The monoisotopic (exact) mass is 350 g/mol. The van der Waals surface area contributed by atoms with E-state index in [2.05, 4.69) is 27.6 Å². The average Bonchev–Trinajstić information content (AvgIpc) is 3.01. The molecule has 26 heavy (non-hydrogen) atoms. The molecule has 0 aliphatic heterocycles. The number of nitrogens with one attached hydrogen (secondary N) is 1. The van der Waals surface area contributed by atoms with E-state index in [1.54, 1.807) is 0 Å². The van der Waals surface area contributed by atoms with Crippen LogP contribution in [0.2, 0.25) is 0 Å². The lowest BCUT2D eigenvalue weighted by Gasteiger charge is -2.38. The summed E-state index contributed by atoms with van der Waals surface area (Å²) in [6.45, 7) is 0.0925. The highest BCUT2D eigenvalue weighted by Crippen LogP contribution is 2.31. The minimum atomic E-state index is -0.242. The number of nitrogens with zero attached hydrogens (tertiary/aromatic N) is 3. The van der Waals surface area contributed by atoms with Crippen molar-refractivity contribution in [3.05, 3.63) is 60.2 Å². The maximum atomic E-state index is 12.5. The van der Waals surface area contributed by atoms with Crippen LogP contribution in [0.5, 0.6) is 0 Å². The van der Waals surface area contributed by atoms with Crippen molar-refractivity contribution in [3.63, 3.8) is 0 Å². The molecule has 2 aromatic carbocycles. The second kappa shape index (κ2) is 7.25. The van der Waals surface area contributed by atoms with Crippen molar-refractivity contribution < 1.29 is 9.90 Å². The van der Waals surface area contributed by atoms with Crippen LogP contribution in [0.25, 0.3) is 11.0 Å². The van der Waals surface area contributed by atoms with Crippen LogP contribution in [0, 0.1) is 5.92 Å². The first-order valence-corrected chi connectivity index (χ1v) is 8.98. The molecule has 6 nitrogen and oxygen atoms in total. The number of aromatic nitrogens is 3. The Morgan fingerprint density at radius 1 is 1.08 bits per heavy atom. The zero-order valence-corrected chi connectivity index (χ0v) is 14.5. The number of hydrogen-bond donors (Lipinski definition) is 2. The summed E-state index contributed by atoms with van der Waals surface area (Å²) < 4.78 is 0. The fourth-order valence-corrected chi connectivity index (χ4v) is 3.52. The van der Waals surface area contributed by atoms with E-state index in [0.29, 0.717) is 5.92 Å². The van der Waals surface area contributed by atoms with Gasteiger partial charge in [0.15, 0.2) is 0 Å². The van der Waals surface area contributed by atoms with Gasteiger partial charge in [-0.2, -0.15) is 15.0 Å². The Labute approximate surface area is 151 Å². The molecular formula is C20H22N4O2. The number of benzene rings is 2. The molecule has 1 saturated carbocycles. The minimum Gasteiger partial charge on any atom is -0.393 e. The van der Waals surface area contributed by atoms with Crippen molar-refractivity contribution in [2.24, 2.45) is 5.92 Å². The summed E-state index contributed by atoms with van der Waals surface area (Å²) in [5.74, 6) is 0.200. The molecule has 1 heterocycles. The molecule has 1 amide bonds. The summed E-state index contributed by atoms with van der Waals surface area (Å²) in [5, 5.41) is 21.5. The van der Waals surface area contributed by atoms with Crippen LogP contribution in [0.15, 0.2) is 54.6 Å². The van der Waals surface area contributed by atoms with Crippen LogP contribution in [0.3, 0.4) is 0 Å². The van der Waals surface area contributed by atoms with E-state index in [-0.39, 0.29) is 24.6 Å². The van der Waals surface area contributed by atoms with Gasteiger partial charge < -0.3 is 10.4 Å². The molecule has 3 aromatic rings. The predicted molar refractivity (Wildman–Crippen MR) is 98.3 cm³/mol. The summed E-state index contributed by atoms with van der Waals surface area (Å²) in [5.41, 5.74) is 2.74. The highest BCUT2D eigenvalue weighted by atomic mass is 16.3. The van der Waals surface area contributed by atoms with Crippen LogP contribution in [0.4, 0.5) is 0 Å². The first-order valence-electron chi connectivity index (χ1n) is 8.98. The van der Waals surface area contributed by atoms with E-state index < -0.39 is 0 Å². The van der Waals surface area contributed by atoms with Crippen LogP contribution in [-0.4, -0.2) is 38.2 Å². The first-order chi connectivity index (χ1) is 12.7. The highest BCUT2D eigenvalue weighted by molar-refractivity contribution is 5.77. The molecule has 0 spiro atoms. The van der Waals surface area contributed by atoms with Gasteiger partial charge in [-0.3, -0.25) is 4.79 Å². The number of amides is 1. The fourth-order valence-electron chi connectivity index (χ4n) is 3.52. The Morgan fingerprint density at radius 2 is 1.69 bits per heavy atom. The van der Waals surface area contributed by atoms with E-state index in [1.807, 2.05) is 42.5 Å². The number of aliphatic hydroxyl groups excluding tert-OH is 1. The largest absolute Gasteiger partial charge is 0.393 e. The minimum absolute atomic E-state index is 0.0123. The number of carbonyl (C=O) groups is 1. The Hall–Kier alpha value is -2.73. The molecule has 1 aliphatic carbocycles. The van der Waals surface area contributed by atoms with Crippen molar-refractivity contribution in [3.8, 4) is 0 Å². The third-order valence-corrected chi connectivity index (χ3v) is 4.98. The van der Waals surface area contributed by atoms with Crippen molar-refractivity contribution >= 4 is 16.9 Å². The van der Waals surface area contributed by atoms with Crippen LogP contribution in [-0.2, 0) is 17.8 Å². The molecule has 0 bridgehead atoms. The van der Waals surface area contributed by atoms with Gasteiger partial charge in [0.05, 0.1) is 6.10 Å². The summed E-state index contributed by atoms with van der Waals surface area (Å²) in [6.07, 6.45) is 2.00. The smallest absolute Gasteiger partial charge is 0.243 e. The molecule has 4 rings (SSSR count). The summed E-state index contributed by atoms with van der Waals surface area (Å²) in [4.78, 5) is 14.0. The molecule has 134 valence electrons. The molecule has 1 fully saturated rings. The van der Waals surface area contributed by atoms with Gasteiger partial charge in [0.2, 0.25) is 5.91 Å². The number of fused-ring (bicyclic) bond motifs is 1. The lowest BCUT2D eigenvalue weighted by molar-refractivity contribution is -0.123. The lowest BCUT2D eigenvalue weighted by atomic mass is 9.75. The SMILES string of the molecule is O=C(Cn1nc2ccccc2n1)NC(Cc1ccccc1)C1CC(O)C1. The summed E-state index contributed by atoms with van der Waals surface area (Å²) in [7, 11) is 0.